The maximum atomic E-state index is 14.4. The molecule has 0 saturated carbocycles. The predicted molar refractivity (Wildman–Crippen MR) is 117 cm³/mol. The molecule has 0 aliphatic carbocycles. The van der Waals surface area contributed by atoms with Crippen LogP contribution >= 0.6 is 0 Å². The number of carbonyl (C=O) groups excluding carboxylic acids is 2. The Morgan fingerprint density at radius 2 is 1.69 bits per heavy atom. The molecule has 7 heteroatoms. The maximum Gasteiger partial charge on any atom is 0.415 e. The molecule has 2 aromatic rings. The molecule has 2 amide bonds. The minimum Gasteiger partial charge on any atom is -0.439 e. The fraction of sp³-hybridized carbons (Fsp3) is 0.440. The van der Waals surface area contributed by atoms with Gasteiger partial charge in [0, 0.05) is 31.9 Å². The molecule has 0 bridgehead atoms. The number of benzene rings is 2. The zero-order valence-corrected chi connectivity index (χ0v) is 18.0. The van der Waals surface area contributed by atoms with Crippen LogP contribution in [0.4, 0.5) is 14.9 Å². The Kier molecular flexibility index (Phi) is 5.37. The normalized spacial score (nSPS) is 24.7. The predicted octanol–water partition coefficient (Wildman–Crippen LogP) is 3.79. The van der Waals surface area contributed by atoms with E-state index in [1.165, 1.54) is 6.07 Å². The first-order chi connectivity index (χ1) is 15.5. The van der Waals surface area contributed by atoms with Crippen molar-refractivity contribution in [2.75, 3.05) is 37.7 Å². The minimum absolute atomic E-state index is 0.00939. The van der Waals surface area contributed by atoms with E-state index in [0.29, 0.717) is 64.1 Å². The second-order valence-electron chi connectivity index (χ2n) is 9.11. The van der Waals surface area contributed by atoms with Gasteiger partial charge in [0.15, 0.2) is 5.60 Å². The fourth-order valence-corrected chi connectivity index (χ4v) is 5.23. The van der Waals surface area contributed by atoms with Crippen LogP contribution in [-0.4, -0.2) is 55.3 Å². The van der Waals surface area contributed by atoms with Crippen molar-refractivity contribution in [3.63, 3.8) is 0 Å². The Hall–Kier alpha value is -2.93. The van der Waals surface area contributed by atoms with Crippen molar-refractivity contribution in [2.24, 2.45) is 5.41 Å². The lowest BCUT2D eigenvalue weighted by molar-refractivity contribution is -0.147. The van der Waals surface area contributed by atoms with Gasteiger partial charge in [-0.3, -0.25) is 9.69 Å². The van der Waals surface area contributed by atoms with Crippen LogP contribution in [0.25, 0.3) is 0 Å². The number of halogens is 1. The lowest BCUT2D eigenvalue weighted by Crippen LogP contribution is -2.49. The van der Waals surface area contributed by atoms with Gasteiger partial charge in [-0.2, -0.15) is 0 Å². The summed E-state index contributed by atoms with van der Waals surface area (Å²) in [5.41, 5.74) is -0.0560. The number of amides is 2. The van der Waals surface area contributed by atoms with Crippen LogP contribution in [0.2, 0.25) is 0 Å². The van der Waals surface area contributed by atoms with E-state index in [2.05, 4.69) is 0 Å². The van der Waals surface area contributed by atoms with Gasteiger partial charge in [-0.25, -0.2) is 9.18 Å². The quantitative estimate of drug-likeness (QED) is 0.729. The summed E-state index contributed by atoms with van der Waals surface area (Å²) >= 11 is 0. The van der Waals surface area contributed by atoms with Crippen molar-refractivity contribution in [3.05, 3.63) is 66.0 Å². The smallest absolute Gasteiger partial charge is 0.415 e. The van der Waals surface area contributed by atoms with Gasteiger partial charge in [0.25, 0.3) is 0 Å². The van der Waals surface area contributed by atoms with Crippen LogP contribution in [0.5, 0.6) is 0 Å². The van der Waals surface area contributed by atoms with Crippen molar-refractivity contribution >= 4 is 17.7 Å². The number of hydrogen-bond donors (Lipinski definition) is 0. The molecule has 6 nitrogen and oxygen atoms in total. The number of hydrogen-bond acceptors (Lipinski definition) is 4. The summed E-state index contributed by atoms with van der Waals surface area (Å²) in [7, 11) is 0. The van der Waals surface area contributed by atoms with E-state index in [0.717, 1.165) is 5.69 Å². The Bertz CT molecular complexity index is 1010. The van der Waals surface area contributed by atoms with Gasteiger partial charge >= 0.3 is 6.09 Å². The summed E-state index contributed by atoms with van der Waals surface area (Å²) in [6.07, 6.45) is 1.68. The van der Waals surface area contributed by atoms with Gasteiger partial charge in [0.1, 0.15) is 5.82 Å². The third kappa shape index (κ3) is 3.75. The SMILES string of the molecule is O=C1O[C@@]2(CCN(C(=O)C3(Cc4ccccc4F)CCOCC3)C2)CN1c1ccccc1. The fourth-order valence-electron chi connectivity index (χ4n) is 5.23. The van der Waals surface area contributed by atoms with Crippen molar-refractivity contribution in [1.29, 1.82) is 0 Å². The molecule has 3 aliphatic heterocycles. The van der Waals surface area contributed by atoms with E-state index in [4.69, 9.17) is 9.47 Å². The van der Waals surface area contributed by atoms with Crippen molar-refractivity contribution in [3.8, 4) is 0 Å². The molecular weight excluding hydrogens is 411 g/mol. The first kappa shape index (κ1) is 20.9. The third-order valence-corrected chi connectivity index (χ3v) is 7.03. The van der Waals surface area contributed by atoms with Crippen molar-refractivity contribution in [2.45, 2.75) is 31.3 Å². The molecule has 32 heavy (non-hydrogen) atoms. The molecule has 0 aromatic heterocycles. The third-order valence-electron chi connectivity index (χ3n) is 7.03. The standard InChI is InChI=1S/C25H27FN2O4/c26-21-9-5-4-6-19(21)16-24(11-14-31-15-12-24)22(29)27-13-10-25(17-27)18-28(23(30)32-25)20-7-2-1-3-8-20/h1-9H,10-18H2/t25-/m1/s1. The van der Waals surface area contributed by atoms with Crippen LogP contribution in [0, 0.1) is 11.2 Å². The summed E-state index contributed by atoms with van der Waals surface area (Å²) in [5.74, 6) is -0.276. The highest BCUT2D eigenvalue weighted by molar-refractivity contribution is 5.91. The van der Waals surface area contributed by atoms with E-state index in [1.807, 2.05) is 35.2 Å². The van der Waals surface area contributed by atoms with Crippen molar-refractivity contribution in [1.82, 2.24) is 4.90 Å². The lowest BCUT2D eigenvalue weighted by Gasteiger charge is -2.39. The molecule has 3 aliphatic rings. The Labute approximate surface area is 186 Å². The molecule has 3 fully saturated rings. The zero-order valence-electron chi connectivity index (χ0n) is 18.0. The molecule has 0 unspecified atom stereocenters. The lowest BCUT2D eigenvalue weighted by atomic mass is 9.74. The van der Waals surface area contributed by atoms with Gasteiger partial charge in [0.2, 0.25) is 5.91 Å². The number of likely N-dealkylation sites (tertiary alicyclic amines) is 1. The maximum absolute atomic E-state index is 14.4. The van der Waals surface area contributed by atoms with E-state index in [-0.39, 0.29) is 17.8 Å². The Morgan fingerprint density at radius 3 is 2.44 bits per heavy atom. The van der Waals surface area contributed by atoms with Crippen LogP contribution in [0.1, 0.15) is 24.8 Å². The van der Waals surface area contributed by atoms with Crippen molar-refractivity contribution < 1.29 is 23.5 Å². The highest BCUT2D eigenvalue weighted by Crippen LogP contribution is 2.41. The first-order valence-electron chi connectivity index (χ1n) is 11.2. The highest BCUT2D eigenvalue weighted by atomic mass is 19.1. The molecular formula is C25H27FN2O4. The number of ether oxygens (including phenoxy) is 2. The average Bonchev–Trinajstić information content (AvgIpc) is 3.38. The summed E-state index contributed by atoms with van der Waals surface area (Å²) in [6, 6.07) is 16.1. The van der Waals surface area contributed by atoms with Crippen LogP contribution in [-0.2, 0) is 20.7 Å². The summed E-state index contributed by atoms with van der Waals surface area (Å²) in [5, 5.41) is 0. The minimum atomic E-state index is -0.701. The van der Waals surface area contributed by atoms with Gasteiger partial charge in [-0.15, -0.1) is 0 Å². The first-order valence-corrected chi connectivity index (χ1v) is 11.2. The van der Waals surface area contributed by atoms with Crippen LogP contribution in [0.15, 0.2) is 54.6 Å². The topological polar surface area (TPSA) is 59.1 Å². The average molecular weight is 438 g/mol. The van der Waals surface area contributed by atoms with Crippen LogP contribution < -0.4 is 4.90 Å². The van der Waals surface area contributed by atoms with Gasteiger partial charge < -0.3 is 14.4 Å². The molecule has 1 atom stereocenters. The summed E-state index contributed by atoms with van der Waals surface area (Å²) in [6.45, 7) is 2.27. The summed E-state index contributed by atoms with van der Waals surface area (Å²) < 4.78 is 25.8. The molecule has 0 N–H and O–H groups in total. The number of anilines is 1. The van der Waals surface area contributed by atoms with Gasteiger partial charge in [-0.1, -0.05) is 36.4 Å². The molecule has 3 saturated heterocycles. The Balaban J connectivity index is 1.35. The second kappa shape index (κ2) is 8.20. The molecule has 3 heterocycles. The summed E-state index contributed by atoms with van der Waals surface area (Å²) in [4.78, 5) is 29.9. The monoisotopic (exact) mass is 438 g/mol. The molecule has 2 aromatic carbocycles. The van der Waals surface area contributed by atoms with E-state index >= 15 is 0 Å². The number of para-hydroxylation sites is 1. The van der Waals surface area contributed by atoms with E-state index < -0.39 is 11.0 Å². The van der Waals surface area contributed by atoms with Crippen LogP contribution in [0.3, 0.4) is 0 Å². The van der Waals surface area contributed by atoms with Gasteiger partial charge in [-0.05, 0) is 43.0 Å². The molecule has 0 radical (unpaired) electrons. The van der Waals surface area contributed by atoms with Gasteiger partial charge in [0.05, 0.1) is 18.5 Å². The van der Waals surface area contributed by atoms with E-state index in [9.17, 15) is 14.0 Å². The molecule has 168 valence electrons. The second-order valence-corrected chi connectivity index (χ2v) is 9.11. The highest BCUT2D eigenvalue weighted by Gasteiger charge is 2.53. The number of rotatable bonds is 4. The largest absolute Gasteiger partial charge is 0.439 e. The number of nitrogens with zero attached hydrogens (tertiary/aromatic N) is 2. The molecule has 5 rings (SSSR count). The molecule has 1 spiro atoms. The van der Waals surface area contributed by atoms with E-state index in [1.54, 1.807) is 23.1 Å². The number of carbonyl (C=O) groups is 2. The Morgan fingerprint density at radius 1 is 0.969 bits per heavy atom. The zero-order chi connectivity index (χ0) is 22.2.